The first-order chi connectivity index (χ1) is 18.3. The molecule has 5 rings (SSSR count). The Labute approximate surface area is 252 Å². The average Bonchev–Trinajstić information content (AvgIpc) is 3.68. The second-order valence-corrected chi connectivity index (χ2v) is 15.4. The molecule has 196 valence electrons. The standard InChI is InChI=1S/C26H21IN2O4S5/c27-22-6-5-17(36-22)21-9-13(8-15(28)26(31)32)24(38-21)18-3-4-19(35-18)25-14(11-23(29)33-12-30)10-20(37-25)16-2-1-7-34-16/h1-7,9-10,12,15,23H,8,11,28-29H2,(H,31,32)/t15-,23-/m0/s1. The van der Waals surface area contributed by atoms with Crippen LogP contribution >= 0.6 is 79.3 Å². The average molecular weight is 713 g/mol. The molecule has 38 heavy (non-hydrogen) atoms. The van der Waals surface area contributed by atoms with Gasteiger partial charge in [-0.3, -0.25) is 15.3 Å². The Morgan fingerprint density at radius 3 is 2.05 bits per heavy atom. The van der Waals surface area contributed by atoms with Gasteiger partial charge in [-0.15, -0.1) is 56.7 Å². The van der Waals surface area contributed by atoms with Crippen LogP contribution in [0.4, 0.5) is 0 Å². The Balaban J connectivity index is 1.54. The smallest absolute Gasteiger partial charge is 0.320 e. The number of rotatable bonds is 11. The van der Waals surface area contributed by atoms with Gasteiger partial charge in [0.2, 0.25) is 0 Å². The Hall–Kier alpha value is -1.91. The van der Waals surface area contributed by atoms with Crippen LogP contribution in [0.5, 0.6) is 0 Å². The van der Waals surface area contributed by atoms with Crippen molar-refractivity contribution in [1.82, 2.24) is 0 Å². The molecule has 5 heterocycles. The molecule has 2 atom stereocenters. The van der Waals surface area contributed by atoms with Gasteiger partial charge >= 0.3 is 5.97 Å². The zero-order valence-electron chi connectivity index (χ0n) is 19.6. The Bertz CT molecular complexity index is 1570. The summed E-state index contributed by atoms with van der Waals surface area (Å²) in [5.41, 5.74) is 13.9. The third kappa shape index (κ3) is 6.12. The van der Waals surface area contributed by atoms with E-state index in [4.69, 9.17) is 16.2 Å². The van der Waals surface area contributed by atoms with Crippen molar-refractivity contribution in [3.05, 3.63) is 67.9 Å². The highest BCUT2D eigenvalue weighted by atomic mass is 127. The van der Waals surface area contributed by atoms with Gasteiger partial charge in [0, 0.05) is 45.4 Å². The number of ether oxygens (including phenoxy) is 1. The summed E-state index contributed by atoms with van der Waals surface area (Å²) in [6.07, 6.45) is -0.0714. The van der Waals surface area contributed by atoms with Crippen LogP contribution in [-0.2, 0) is 27.2 Å². The van der Waals surface area contributed by atoms with E-state index >= 15 is 0 Å². The van der Waals surface area contributed by atoms with E-state index in [-0.39, 0.29) is 6.42 Å². The fraction of sp³-hybridized carbons (Fsp3) is 0.154. The van der Waals surface area contributed by atoms with Crippen LogP contribution in [0, 0.1) is 2.88 Å². The molecule has 0 fully saturated rings. The third-order valence-corrected chi connectivity index (χ3v) is 12.6. The largest absolute Gasteiger partial charge is 0.480 e. The molecule has 0 saturated heterocycles. The lowest BCUT2D eigenvalue weighted by atomic mass is 10.1. The molecule has 6 nitrogen and oxygen atoms in total. The molecule has 0 aliphatic heterocycles. The van der Waals surface area contributed by atoms with Gasteiger partial charge < -0.3 is 15.6 Å². The molecule has 12 heteroatoms. The van der Waals surface area contributed by atoms with Crippen molar-refractivity contribution in [2.24, 2.45) is 11.5 Å². The Morgan fingerprint density at radius 2 is 1.50 bits per heavy atom. The number of halogens is 1. The molecule has 0 radical (unpaired) electrons. The maximum Gasteiger partial charge on any atom is 0.320 e. The molecule has 0 aliphatic carbocycles. The minimum Gasteiger partial charge on any atom is -0.480 e. The van der Waals surface area contributed by atoms with E-state index < -0.39 is 18.2 Å². The summed E-state index contributed by atoms with van der Waals surface area (Å²) in [5, 5.41) is 11.5. The van der Waals surface area contributed by atoms with E-state index in [1.54, 1.807) is 56.7 Å². The fourth-order valence-corrected chi connectivity index (χ4v) is 10.1. The number of carboxylic acid groups (broad SMARTS) is 1. The zero-order chi connectivity index (χ0) is 26.8. The molecule has 0 aliphatic rings. The van der Waals surface area contributed by atoms with E-state index in [1.807, 2.05) is 11.4 Å². The molecule has 0 bridgehead atoms. The predicted octanol–water partition coefficient (Wildman–Crippen LogP) is 7.22. The number of carboxylic acids is 1. The summed E-state index contributed by atoms with van der Waals surface area (Å²) in [6, 6.07) is 15.7. The molecular weight excluding hydrogens is 692 g/mol. The molecule has 5 N–H and O–H groups in total. The molecule has 0 unspecified atom stereocenters. The summed E-state index contributed by atoms with van der Waals surface area (Å²) in [4.78, 5) is 31.2. The van der Waals surface area contributed by atoms with Gasteiger partial charge in [0.25, 0.3) is 6.47 Å². The molecule has 0 saturated carbocycles. The number of thiophene rings is 5. The van der Waals surface area contributed by atoms with Crippen molar-refractivity contribution < 1.29 is 19.4 Å². The lowest BCUT2D eigenvalue weighted by Gasteiger charge is -2.09. The van der Waals surface area contributed by atoms with Gasteiger partial charge in [-0.2, -0.15) is 0 Å². The first-order valence-corrected chi connectivity index (χ1v) is 16.5. The van der Waals surface area contributed by atoms with Crippen LogP contribution in [0.3, 0.4) is 0 Å². The van der Waals surface area contributed by atoms with Crippen LogP contribution in [-0.4, -0.2) is 29.8 Å². The first kappa shape index (κ1) is 27.6. The number of carbonyl (C=O) groups excluding carboxylic acids is 1. The topological polar surface area (TPSA) is 116 Å². The summed E-state index contributed by atoms with van der Waals surface area (Å²) >= 11 is 10.7. The van der Waals surface area contributed by atoms with Crippen molar-refractivity contribution >= 4 is 91.7 Å². The van der Waals surface area contributed by atoms with Crippen LogP contribution < -0.4 is 11.5 Å². The van der Waals surface area contributed by atoms with Crippen molar-refractivity contribution in [1.29, 1.82) is 0 Å². The molecule has 5 aromatic rings. The van der Waals surface area contributed by atoms with Crippen LogP contribution in [0.15, 0.2) is 53.9 Å². The minimum atomic E-state index is -1.01. The van der Waals surface area contributed by atoms with Crippen molar-refractivity contribution in [3.8, 4) is 39.0 Å². The lowest BCUT2D eigenvalue weighted by molar-refractivity contribution is -0.138. The van der Waals surface area contributed by atoms with E-state index in [0.29, 0.717) is 12.9 Å². The monoisotopic (exact) mass is 712 g/mol. The summed E-state index contributed by atoms with van der Waals surface area (Å²) in [5.74, 6) is -1.01. The van der Waals surface area contributed by atoms with Crippen LogP contribution in [0.2, 0.25) is 0 Å². The van der Waals surface area contributed by atoms with Crippen LogP contribution in [0.25, 0.3) is 39.0 Å². The first-order valence-electron chi connectivity index (χ1n) is 11.3. The zero-order valence-corrected chi connectivity index (χ0v) is 25.8. The number of carbonyl (C=O) groups is 2. The maximum absolute atomic E-state index is 11.5. The minimum absolute atomic E-state index is 0.252. The van der Waals surface area contributed by atoms with E-state index in [2.05, 4.69) is 65.1 Å². The molecular formula is C26H21IN2O4S5. The van der Waals surface area contributed by atoms with E-state index in [0.717, 1.165) is 45.3 Å². The highest BCUT2D eigenvalue weighted by Crippen LogP contribution is 2.47. The quantitative estimate of drug-likeness (QED) is 0.0757. The summed E-state index contributed by atoms with van der Waals surface area (Å²) in [6.45, 7) is 0.381. The van der Waals surface area contributed by atoms with Crippen LogP contribution in [0.1, 0.15) is 11.1 Å². The SMILES string of the molecule is N[C@H](Cc1cc(-c2cccs2)sc1-c1ccc(-c2sc(-c3ccc(I)s3)cc2C[C@H](N)C(=O)O)s1)OC=O. The van der Waals surface area contributed by atoms with E-state index in [9.17, 15) is 14.7 Å². The number of hydrogen-bond acceptors (Lipinski definition) is 10. The fourth-order valence-electron chi connectivity index (χ4n) is 3.93. The normalized spacial score (nSPS) is 12.9. The molecule has 0 aromatic carbocycles. The Morgan fingerprint density at radius 1 is 0.868 bits per heavy atom. The van der Waals surface area contributed by atoms with Crippen molar-refractivity contribution in [2.75, 3.05) is 0 Å². The van der Waals surface area contributed by atoms with Gasteiger partial charge in [-0.1, -0.05) is 6.07 Å². The summed E-state index contributed by atoms with van der Waals surface area (Å²) in [7, 11) is 0. The number of nitrogens with two attached hydrogens (primary N) is 2. The van der Waals surface area contributed by atoms with Crippen molar-refractivity contribution in [2.45, 2.75) is 25.1 Å². The molecule has 0 amide bonds. The van der Waals surface area contributed by atoms with Gasteiger partial charge in [-0.25, -0.2) is 0 Å². The second-order valence-electron chi connectivity index (χ2n) is 8.30. The lowest BCUT2D eigenvalue weighted by Crippen LogP contribution is -2.32. The Kier molecular flexibility index (Phi) is 8.79. The molecule has 0 spiro atoms. The number of hydrogen-bond donors (Lipinski definition) is 3. The third-order valence-electron chi connectivity index (χ3n) is 5.66. The van der Waals surface area contributed by atoms with Gasteiger partial charge in [0.15, 0.2) is 6.23 Å². The predicted molar refractivity (Wildman–Crippen MR) is 168 cm³/mol. The molecule has 5 aromatic heterocycles. The summed E-state index contributed by atoms with van der Waals surface area (Å²) < 4.78 is 6.17. The maximum atomic E-state index is 11.5. The van der Waals surface area contributed by atoms with Gasteiger partial charge in [-0.05, 0) is 88.0 Å². The van der Waals surface area contributed by atoms with E-state index in [1.165, 1.54) is 7.76 Å². The van der Waals surface area contributed by atoms with Gasteiger partial charge in [0.1, 0.15) is 6.04 Å². The second kappa shape index (κ2) is 12.1. The highest BCUT2D eigenvalue weighted by molar-refractivity contribution is 14.1. The highest BCUT2D eigenvalue weighted by Gasteiger charge is 2.22. The van der Waals surface area contributed by atoms with Crippen molar-refractivity contribution in [3.63, 3.8) is 0 Å². The van der Waals surface area contributed by atoms with Gasteiger partial charge in [0.05, 0.1) is 2.88 Å². The number of aliphatic carboxylic acids is 1.